The maximum atomic E-state index is 11.6. The molecular weight excluding hydrogens is 280 g/mol. The molecule has 0 spiro atoms. The third kappa shape index (κ3) is 4.36. The smallest absolute Gasteiger partial charge is 0.290 e. The van der Waals surface area contributed by atoms with Crippen LogP contribution in [-0.2, 0) is 11.3 Å². The SMILES string of the molecule is O=C(C[n+]1ccccc1)Nc1ccccc1.[Br-]. The fourth-order valence-corrected chi connectivity index (χ4v) is 1.43. The Morgan fingerprint density at radius 1 is 1.00 bits per heavy atom. The minimum absolute atomic E-state index is 0. The van der Waals surface area contributed by atoms with Crippen molar-refractivity contribution in [1.29, 1.82) is 0 Å². The molecule has 88 valence electrons. The van der Waals surface area contributed by atoms with Crippen molar-refractivity contribution in [1.82, 2.24) is 0 Å². The summed E-state index contributed by atoms with van der Waals surface area (Å²) in [6, 6.07) is 15.2. The van der Waals surface area contributed by atoms with Crippen molar-refractivity contribution in [3.8, 4) is 0 Å². The lowest BCUT2D eigenvalue weighted by Gasteiger charge is -2.01. The van der Waals surface area contributed by atoms with Gasteiger partial charge in [-0.05, 0) is 12.1 Å². The number of anilines is 1. The monoisotopic (exact) mass is 292 g/mol. The molecule has 0 atom stereocenters. The molecule has 17 heavy (non-hydrogen) atoms. The second-order valence-electron chi connectivity index (χ2n) is 3.46. The van der Waals surface area contributed by atoms with Crippen LogP contribution >= 0.6 is 0 Å². The molecule has 0 unspecified atom stereocenters. The fourth-order valence-electron chi connectivity index (χ4n) is 1.43. The predicted octanol–water partition coefficient (Wildman–Crippen LogP) is -1.38. The number of pyridine rings is 1. The van der Waals surface area contributed by atoms with Gasteiger partial charge < -0.3 is 22.3 Å². The lowest BCUT2D eigenvalue weighted by molar-refractivity contribution is -0.684. The zero-order chi connectivity index (χ0) is 11.2. The number of carbonyl (C=O) groups excluding carboxylic acids is 1. The highest BCUT2D eigenvalue weighted by Gasteiger charge is 2.07. The molecule has 0 aliphatic heterocycles. The van der Waals surface area contributed by atoms with E-state index in [2.05, 4.69) is 5.32 Å². The maximum absolute atomic E-state index is 11.6. The second kappa shape index (κ2) is 6.81. The normalized spacial score (nSPS) is 9.18. The number of aromatic nitrogens is 1. The number of halogens is 1. The van der Waals surface area contributed by atoms with Crippen molar-refractivity contribution in [2.45, 2.75) is 6.54 Å². The average molecular weight is 293 g/mol. The standard InChI is InChI=1S/C13H12N2O.BrH/c16-13(11-15-9-5-2-6-10-15)14-12-7-3-1-4-8-12;/h1-10H,11H2;1H. The highest BCUT2D eigenvalue weighted by atomic mass is 79.9. The van der Waals surface area contributed by atoms with Gasteiger partial charge in [0.05, 0.1) is 0 Å². The van der Waals surface area contributed by atoms with Gasteiger partial charge in [-0.2, -0.15) is 4.57 Å². The molecule has 0 fully saturated rings. The zero-order valence-corrected chi connectivity index (χ0v) is 10.8. The van der Waals surface area contributed by atoms with Crippen LogP contribution in [0.2, 0.25) is 0 Å². The van der Waals surface area contributed by atoms with Crippen LogP contribution in [-0.4, -0.2) is 5.91 Å². The van der Waals surface area contributed by atoms with Crippen molar-refractivity contribution < 1.29 is 26.3 Å². The summed E-state index contributed by atoms with van der Waals surface area (Å²) in [5.74, 6) is -0.0256. The molecule has 1 heterocycles. The van der Waals surface area contributed by atoms with Crippen LogP contribution in [0.25, 0.3) is 0 Å². The van der Waals surface area contributed by atoms with Gasteiger partial charge in [-0.25, -0.2) is 0 Å². The van der Waals surface area contributed by atoms with E-state index in [4.69, 9.17) is 0 Å². The Bertz CT molecular complexity index is 416. The molecule has 1 N–H and O–H groups in total. The first kappa shape index (κ1) is 13.4. The summed E-state index contributed by atoms with van der Waals surface area (Å²) in [5.41, 5.74) is 0.823. The van der Waals surface area contributed by atoms with Gasteiger partial charge in [-0.3, -0.25) is 4.79 Å². The summed E-state index contributed by atoms with van der Waals surface area (Å²) < 4.78 is 1.83. The molecule has 0 aliphatic carbocycles. The second-order valence-corrected chi connectivity index (χ2v) is 3.46. The van der Waals surface area contributed by atoms with Crippen LogP contribution < -0.4 is 26.9 Å². The number of rotatable bonds is 3. The first-order valence-electron chi connectivity index (χ1n) is 5.13. The first-order chi connectivity index (χ1) is 7.84. The van der Waals surface area contributed by atoms with Gasteiger partial charge in [0.2, 0.25) is 6.54 Å². The summed E-state index contributed by atoms with van der Waals surface area (Å²) in [5, 5.41) is 2.83. The Labute approximate surface area is 111 Å². The topological polar surface area (TPSA) is 33.0 Å². The zero-order valence-electron chi connectivity index (χ0n) is 9.21. The minimum atomic E-state index is -0.0256. The molecule has 1 aromatic heterocycles. The number of hydrogen-bond donors (Lipinski definition) is 1. The van der Waals surface area contributed by atoms with Crippen LogP contribution in [0.15, 0.2) is 60.9 Å². The summed E-state index contributed by atoms with van der Waals surface area (Å²) in [7, 11) is 0. The Morgan fingerprint density at radius 2 is 1.59 bits per heavy atom. The van der Waals surface area contributed by atoms with E-state index in [1.165, 1.54) is 0 Å². The van der Waals surface area contributed by atoms with Crippen LogP contribution in [0.1, 0.15) is 0 Å². The largest absolute Gasteiger partial charge is 1.00 e. The molecule has 2 aromatic rings. The Kier molecular flexibility index (Phi) is 5.36. The van der Waals surface area contributed by atoms with Gasteiger partial charge in [-0.1, -0.05) is 24.3 Å². The van der Waals surface area contributed by atoms with E-state index in [0.717, 1.165) is 5.69 Å². The van der Waals surface area contributed by atoms with Crippen LogP contribution in [0.5, 0.6) is 0 Å². The van der Waals surface area contributed by atoms with E-state index in [-0.39, 0.29) is 22.9 Å². The summed E-state index contributed by atoms with van der Waals surface area (Å²) >= 11 is 0. The fraction of sp³-hybridized carbons (Fsp3) is 0.0769. The maximum Gasteiger partial charge on any atom is 0.290 e. The molecular formula is C13H13BrN2O. The quantitative estimate of drug-likeness (QED) is 0.695. The number of carbonyl (C=O) groups is 1. The van der Waals surface area contributed by atoms with E-state index in [1.807, 2.05) is 65.5 Å². The van der Waals surface area contributed by atoms with E-state index < -0.39 is 0 Å². The van der Waals surface area contributed by atoms with Crippen molar-refractivity contribution in [2.24, 2.45) is 0 Å². The number of amides is 1. The summed E-state index contributed by atoms with van der Waals surface area (Å²) in [4.78, 5) is 11.6. The Balaban J connectivity index is 0.00000144. The third-order valence-corrected chi connectivity index (χ3v) is 2.16. The summed E-state index contributed by atoms with van der Waals surface area (Å²) in [6.07, 6.45) is 3.73. The van der Waals surface area contributed by atoms with Gasteiger partial charge in [0.25, 0.3) is 5.91 Å². The van der Waals surface area contributed by atoms with Crippen molar-refractivity contribution >= 4 is 11.6 Å². The van der Waals surface area contributed by atoms with Crippen molar-refractivity contribution in [3.05, 3.63) is 60.9 Å². The lowest BCUT2D eigenvalue weighted by atomic mass is 10.3. The van der Waals surface area contributed by atoms with E-state index in [9.17, 15) is 4.79 Å². The van der Waals surface area contributed by atoms with Crippen molar-refractivity contribution in [2.75, 3.05) is 5.32 Å². The van der Waals surface area contributed by atoms with E-state index in [1.54, 1.807) is 0 Å². The third-order valence-electron chi connectivity index (χ3n) is 2.16. The van der Waals surface area contributed by atoms with Gasteiger partial charge in [0.1, 0.15) is 0 Å². The number of nitrogens with one attached hydrogen (secondary N) is 1. The number of hydrogen-bond acceptors (Lipinski definition) is 1. The molecule has 4 heteroatoms. The summed E-state index contributed by atoms with van der Waals surface area (Å²) in [6.45, 7) is 0.329. The molecule has 0 bridgehead atoms. The Morgan fingerprint density at radius 3 is 2.24 bits per heavy atom. The van der Waals surface area contributed by atoms with Crippen LogP contribution in [0.3, 0.4) is 0 Å². The molecule has 3 nitrogen and oxygen atoms in total. The minimum Gasteiger partial charge on any atom is -1.00 e. The lowest BCUT2D eigenvalue weighted by Crippen LogP contribution is -3.00. The van der Waals surface area contributed by atoms with Gasteiger partial charge >= 0.3 is 0 Å². The molecule has 1 aromatic carbocycles. The molecule has 0 aliphatic rings. The number of benzene rings is 1. The van der Waals surface area contributed by atoms with Gasteiger partial charge in [0, 0.05) is 17.8 Å². The Hall–Kier alpha value is -1.68. The predicted molar refractivity (Wildman–Crippen MR) is 61.7 cm³/mol. The molecule has 0 saturated heterocycles. The van der Waals surface area contributed by atoms with Gasteiger partial charge in [0.15, 0.2) is 12.4 Å². The average Bonchev–Trinajstić information content (AvgIpc) is 2.31. The number of para-hydroxylation sites is 1. The highest BCUT2D eigenvalue weighted by molar-refractivity contribution is 5.89. The molecule has 2 rings (SSSR count). The number of nitrogens with zero attached hydrogens (tertiary/aromatic N) is 1. The van der Waals surface area contributed by atoms with E-state index >= 15 is 0 Å². The highest BCUT2D eigenvalue weighted by Crippen LogP contribution is 2.04. The van der Waals surface area contributed by atoms with Crippen molar-refractivity contribution in [3.63, 3.8) is 0 Å². The molecule has 0 radical (unpaired) electrons. The van der Waals surface area contributed by atoms with Crippen LogP contribution in [0.4, 0.5) is 5.69 Å². The van der Waals surface area contributed by atoms with E-state index in [0.29, 0.717) is 6.54 Å². The molecule has 1 amide bonds. The molecule has 0 saturated carbocycles. The van der Waals surface area contributed by atoms with Gasteiger partial charge in [-0.15, -0.1) is 0 Å². The first-order valence-corrected chi connectivity index (χ1v) is 5.13. The van der Waals surface area contributed by atoms with Crippen LogP contribution in [0, 0.1) is 0 Å².